The highest BCUT2D eigenvalue weighted by Gasteiger charge is 2.41. The molecule has 8 atom stereocenters. The monoisotopic (exact) mass is 891 g/mol. The lowest BCUT2D eigenvalue weighted by Crippen LogP contribution is -2.60. The summed E-state index contributed by atoms with van der Waals surface area (Å²) in [6.45, 7) is 6.99. The number of carboxylic acids is 4. The van der Waals surface area contributed by atoms with E-state index in [9.17, 15) is 68.4 Å². The van der Waals surface area contributed by atoms with Gasteiger partial charge in [-0.25, -0.2) is 4.79 Å². The molecule has 0 unspecified atom stereocenters. The minimum Gasteiger partial charge on any atom is -0.508 e. The molecule has 350 valence electrons. The zero-order valence-electron chi connectivity index (χ0n) is 35.8. The summed E-state index contributed by atoms with van der Waals surface area (Å²) in [5.41, 5.74) is 6.29. The number of aliphatic carboxylic acids is 4. The van der Waals surface area contributed by atoms with Crippen LogP contribution < -0.4 is 32.3 Å². The minimum absolute atomic E-state index is 0.0361. The maximum Gasteiger partial charge on any atom is 0.326 e. The summed E-state index contributed by atoms with van der Waals surface area (Å²) in [5.74, 6) is -11.3. The van der Waals surface area contributed by atoms with Gasteiger partial charge in [-0.15, -0.1) is 0 Å². The van der Waals surface area contributed by atoms with Gasteiger partial charge in [-0.3, -0.25) is 43.2 Å². The number of carbonyl (C=O) groups is 10. The fourth-order valence-electron chi connectivity index (χ4n) is 6.76. The second kappa shape index (κ2) is 25.6. The highest BCUT2D eigenvalue weighted by molar-refractivity contribution is 5.97. The van der Waals surface area contributed by atoms with Crippen molar-refractivity contribution in [3.05, 3.63) is 29.8 Å². The molecule has 22 heteroatoms. The van der Waals surface area contributed by atoms with Crippen molar-refractivity contribution in [2.45, 2.75) is 141 Å². The molecular formula is C41H61N7O15. The molecule has 6 amide bonds. The van der Waals surface area contributed by atoms with Crippen LogP contribution in [0.15, 0.2) is 24.3 Å². The van der Waals surface area contributed by atoms with E-state index >= 15 is 0 Å². The number of phenols is 1. The fourth-order valence-corrected chi connectivity index (χ4v) is 6.76. The molecule has 63 heavy (non-hydrogen) atoms. The first kappa shape index (κ1) is 52.8. The molecule has 12 N–H and O–H groups in total. The van der Waals surface area contributed by atoms with E-state index in [1.807, 2.05) is 0 Å². The van der Waals surface area contributed by atoms with Crippen LogP contribution in [0.1, 0.15) is 97.5 Å². The average molecular weight is 892 g/mol. The molecule has 0 spiro atoms. The number of benzene rings is 1. The van der Waals surface area contributed by atoms with Gasteiger partial charge in [0, 0.05) is 32.2 Å². The Morgan fingerprint density at radius 1 is 0.683 bits per heavy atom. The van der Waals surface area contributed by atoms with Crippen LogP contribution in [0.5, 0.6) is 5.75 Å². The molecule has 1 aromatic carbocycles. The molecule has 0 saturated carbocycles. The van der Waals surface area contributed by atoms with Gasteiger partial charge >= 0.3 is 23.9 Å². The Balaban J connectivity index is 2.39. The van der Waals surface area contributed by atoms with Crippen molar-refractivity contribution in [2.75, 3.05) is 6.54 Å². The van der Waals surface area contributed by atoms with Gasteiger partial charge < -0.3 is 62.8 Å². The van der Waals surface area contributed by atoms with Gasteiger partial charge in [-0.2, -0.15) is 0 Å². The molecule has 2 rings (SSSR count). The number of carboxylic acid groups (broad SMARTS) is 4. The second-order valence-electron chi connectivity index (χ2n) is 16.0. The number of nitrogens with one attached hydrogen (secondary N) is 5. The third-order valence-electron chi connectivity index (χ3n) is 10.5. The Morgan fingerprint density at radius 2 is 1.17 bits per heavy atom. The summed E-state index contributed by atoms with van der Waals surface area (Å²) in [5, 5.41) is 59.7. The first-order chi connectivity index (χ1) is 29.5. The molecule has 0 radical (unpaired) electrons. The molecule has 1 heterocycles. The van der Waals surface area contributed by atoms with Crippen LogP contribution in [-0.4, -0.2) is 139 Å². The smallest absolute Gasteiger partial charge is 0.326 e. The summed E-state index contributed by atoms with van der Waals surface area (Å²) in [4.78, 5) is 129. The largest absolute Gasteiger partial charge is 0.508 e. The Bertz CT molecular complexity index is 1810. The van der Waals surface area contributed by atoms with Crippen LogP contribution in [0.2, 0.25) is 0 Å². The Hall–Kier alpha value is -6.32. The topological polar surface area (TPSA) is 361 Å². The van der Waals surface area contributed by atoms with Crippen LogP contribution in [0.25, 0.3) is 0 Å². The number of nitrogens with two attached hydrogens (primary N) is 1. The number of nitrogens with zero attached hydrogens (tertiary/aromatic N) is 1. The summed E-state index contributed by atoms with van der Waals surface area (Å²) in [7, 11) is 0. The molecule has 1 aliphatic rings. The molecule has 0 bridgehead atoms. The highest BCUT2D eigenvalue weighted by Crippen LogP contribution is 2.22. The van der Waals surface area contributed by atoms with Crippen molar-refractivity contribution in [3.63, 3.8) is 0 Å². The number of hydrogen-bond donors (Lipinski definition) is 11. The number of carbonyl (C=O) groups excluding carboxylic acids is 6. The minimum atomic E-state index is -1.69. The van der Waals surface area contributed by atoms with Crippen LogP contribution >= 0.6 is 0 Å². The van der Waals surface area contributed by atoms with Crippen molar-refractivity contribution in [1.29, 1.82) is 0 Å². The number of phenolic OH excluding ortho intramolecular Hbond substituents is 1. The van der Waals surface area contributed by atoms with Gasteiger partial charge in [0.05, 0.1) is 6.04 Å². The SMILES string of the molecule is CC[C@H](C)[C@H](NC(=O)[C@@H](N)CCC(=O)O)C(=O)N1CCC[C@H]1C(=O)N[C@@H](CCC(=O)O)C(=O)N[C@@H](CCC(=O)O)C(=O)N[C@@H](Cc1ccc(O)cc1)C(=O)N[C@@H](CC(C)C)C(=O)O. The lowest BCUT2D eigenvalue weighted by atomic mass is 9.96. The summed E-state index contributed by atoms with van der Waals surface area (Å²) in [6, 6.07) is -4.25. The summed E-state index contributed by atoms with van der Waals surface area (Å²) >= 11 is 0. The van der Waals surface area contributed by atoms with Gasteiger partial charge in [-0.1, -0.05) is 46.2 Å². The quantitative estimate of drug-likeness (QED) is 0.0528. The van der Waals surface area contributed by atoms with E-state index < -0.39 is 140 Å². The number of hydrogen-bond acceptors (Lipinski definition) is 12. The normalized spacial score (nSPS) is 16.9. The van der Waals surface area contributed by atoms with Crippen molar-refractivity contribution in [2.24, 2.45) is 17.6 Å². The van der Waals surface area contributed by atoms with Crippen molar-refractivity contribution >= 4 is 59.3 Å². The van der Waals surface area contributed by atoms with Gasteiger partial charge in [0.15, 0.2) is 0 Å². The maximum atomic E-state index is 14.0. The summed E-state index contributed by atoms with van der Waals surface area (Å²) in [6.07, 6.45) is -2.33. The fraction of sp³-hybridized carbons (Fsp3) is 0.610. The van der Waals surface area contributed by atoms with Crippen molar-refractivity contribution < 1.29 is 73.5 Å². The Kier molecular flexibility index (Phi) is 21.4. The van der Waals surface area contributed by atoms with Crippen LogP contribution in [0, 0.1) is 11.8 Å². The summed E-state index contributed by atoms with van der Waals surface area (Å²) < 4.78 is 0. The van der Waals surface area contributed by atoms with E-state index in [2.05, 4.69) is 26.6 Å². The van der Waals surface area contributed by atoms with Crippen molar-refractivity contribution in [3.8, 4) is 5.75 Å². The number of likely N-dealkylation sites (tertiary alicyclic amines) is 1. The molecular weight excluding hydrogens is 830 g/mol. The average Bonchev–Trinajstić information content (AvgIpc) is 3.71. The van der Waals surface area contributed by atoms with Gasteiger partial charge in [0.25, 0.3) is 0 Å². The Morgan fingerprint density at radius 3 is 1.68 bits per heavy atom. The highest BCUT2D eigenvalue weighted by atomic mass is 16.4. The molecule has 1 aliphatic heterocycles. The van der Waals surface area contributed by atoms with Crippen molar-refractivity contribution in [1.82, 2.24) is 31.5 Å². The van der Waals surface area contributed by atoms with E-state index in [1.54, 1.807) is 27.7 Å². The van der Waals surface area contributed by atoms with E-state index in [4.69, 9.17) is 10.8 Å². The second-order valence-corrected chi connectivity index (χ2v) is 16.0. The lowest BCUT2D eigenvalue weighted by Gasteiger charge is -2.32. The molecule has 22 nitrogen and oxygen atoms in total. The Labute approximate surface area is 364 Å². The lowest BCUT2D eigenvalue weighted by molar-refractivity contribution is -0.144. The first-order valence-electron chi connectivity index (χ1n) is 20.8. The number of aromatic hydroxyl groups is 1. The molecule has 1 fully saturated rings. The maximum absolute atomic E-state index is 14.0. The first-order valence-corrected chi connectivity index (χ1v) is 20.8. The predicted octanol–water partition coefficient (Wildman–Crippen LogP) is -0.552. The van der Waals surface area contributed by atoms with Gasteiger partial charge in [0.1, 0.15) is 42.0 Å². The third kappa shape index (κ3) is 17.9. The van der Waals surface area contributed by atoms with Crippen LogP contribution in [0.3, 0.4) is 0 Å². The zero-order chi connectivity index (χ0) is 47.6. The molecule has 1 aromatic rings. The van der Waals surface area contributed by atoms with E-state index in [0.29, 0.717) is 18.4 Å². The standard InChI is InChI=1S/C41H61N7O15/c1-5-22(4)34(47-35(56)25(42)12-15-31(50)51)40(61)48-18-6-7-30(48)39(60)44-27(14-17-33(54)55)36(57)43-26(13-16-32(52)53)37(58)45-28(20-23-8-10-24(49)11-9-23)38(59)46-29(41(62)63)19-21(2)3/h8-11,21-22,25-30,34,49H,5-7,12-20,42H2,1-4H3,(H,43,57)(H,44,60)(H,45,58)(H,46,59)(H,47,56)(H,50,51)(H,52,53)(H,54,55)(H,62,63)/t22-,25-,26-,27-,28-,29-,30-,34-/m0/s1. The molecule has 0 aliphatic carbocycles. The van der Waals surface area contributed by atoms with Gasteiger partial charge in [-0.05, 0) is 68.1 Å². The van der Waals surface area contributed by atoms with E-state index in [-0.39, 0.29) is 43.9 Å². The van der Waals surface area contributed by atoms with Gasteiger partial charge in [0.2, 0.25) is 35.4 Å². The zero-order valence-corrected chi connectivity index (χ0v) is 35.8. The predicted molar refractivity (Wildman–Crippen MR) is 221 cm³/mol. The number of rotatable bonds is 27. The van der Waals surface area contributed by atoms with E-state index in [0.717, 1.165) is 0 Å². The van der Waals surface area contributed by atoms with Crippen LogP contribution in [-0.2, 0) is 54.4 Å². The molecule has 0 aromatic heterocycles. The molecule has 1 saturated heterocycles. The third-order valence-corrected chi connectivity index (χ3v) is 10.5. The van der Waals surface area contributed by atoms with Crippen LogP contribution in [0.4, 0.5) is 0 Å². The van der Waals surface area contributed by atoms with E-state index in [1.165, 1.54) is 29.2 Å². The number of amides is 6.